The van der Waals surface area contributed by atoms with Gasteiger partial charge in [-0.15, -0.1) is 0 Å². The van der Waals surface area contributed by atoms with E-state index in [2.05, 4.69) is 23.1 Å². The van der Waals surface area contributed by atoms with Crippen molar-refractivity contribution in [3.63, 3.8) is 0 Å². The van der Waals surface area contributed by atoms with Crippen molar-refractivity contribution in [2.75, 3.05) is 10.6 Å². The molecule has 0 aliphatic rings. The third-order valence-electron chi connectivity index (χ3n) is 2.17. The first-order valence-corrected chi connectivity index (χ1v) is 6.65. The van der Waals surface area contributed by atoms with E-state index >= 15 is 0 Å². The zero-order chi connectivity index (χ0) is 17.8. The number of thiol groups is 1. The zero-order valence-electron chi connectivity index (χ0n) is 12.4. The number of hydrogen-bond acceptors (Lipinski definition) is 5. The van der Waals surface area contributed by atoms with Gasteiger partial charge in [0.1, 0.15) is 17.0 Å². The van der Waals surface area contributed by atoms with Gasteiger partial charge in [0.2, 0.25) is 0 Å². The van der Waals surface area contributed by atoms with Crippen LogP contribution in [0.5, 0.6) is 0 Å². The summed E-state index contributed by atoms with van der Waals surface area (Å²) in [5, 5.41) is 4.02. The van der Waals surface area contributed by atoms with Crippen LogP contribution in [0, 0.1) is 0 Å². The lowest BCUT2D eigenvalue weighted by atomic mass is 10.2. The second kappa shape index (κ2) is 6.94. The number of amides is 3. The number of nitrogens with one attached hydrogen (secondary N) is 3. The molecule has 0 aromatic carbocycles. The molecule has 7 nitrogen and oxygen atoms in total. The summed E-state index contributed by atoms with van der Waals surface area (Å²) < 4.78 is 45.8. The topological polar surface area (TPSA) is 92.3 Å². The Morgan fingerprint density at radius 1 is 1.22 bits per heavy atom. The van der Waals surface area contributed by atoms with Crippen molar-refractivity contribution in [1.29, 1.82) is 0 Å². The number of urea groups is 1. The lowest BCUT2D eigenvalue weighted by Crippen LogP contribution is -2.27. The summed E-state index contributed by atoms with van der Waals surface area (Å²) in [7, 11) is 0. The molecule has 3 N–H and O–H groups in total. The number of pyridine rings is 1. The van der Waals surface area contributed by atoms with Gasteiger partial charge in [0, 0.05) is 0 Å². The van der Waals surface area contributed by atoms with Crippen molar-refractivity contribution < 1.29 is 27.5 Å². The third kappa shape index (κ3) is 6.22. The van der Waals surface area contributed by atoms with Gasteiger partial charge >= 0.3 is 18.3 Å². The molecule has 1 heterocycles. The summed E-state index contributed by atoms with van der Waals surface area (Å²) >= 11 is 3.41. The van der Waals surface area contributed by atoms with E-state index in [1.54, 1.807) is 20.8 Å². The monoisotopic (exact) mass is 352 g/mol. The fourth-order valence-electron chi connectivity index (χ4n) is 1.41. The van der Waals surface area contributed by atoms with Crippen molar-refractivity contribution in [1.82, 2.24) is 9.71 Å². The second-order valence-electron chi connectivity index (χ2n) is 5.31. The number of rotatable bonds is 2. The molecule has 23 heavy (non-hydrogen) atoms. The maximum absolute atomic E-state index is 13.0. The molecule has 0 spiro atoms. The Morgan fingerprint density at radius 2 is 1.83 bits per heavy atom. The Bertz CT molecular complexity index is 602. The maximum Gasteiger partial charge on any atom is 0.420 e. The van der Waals surface area contributed by atoms with Crippen molar-refractivity contribution in [3.8, 4) is 0 Å². The highest BCUT2D eigenvalue weighted by Gasteiger charge is 2.35. The number of carbonyl (C=O) groups is 2. The van der Waals surface area contributed by atoms with E-state index in [1.165, 1.54) is 0 Å². The van der Waals surface area contributed by atoms with Gasteiger partial charge < -0.3 is 4.74 Å². The van der Waals surface area contributed by atoms with Crippen LogP contribution in [0.2, 0.25) is 0 Å². The highest BCUT2D eigenvalue weighted by atomic mass is 32.1. The van der Waals surface area contributed by atoms with Gasteiger partial charge in [-0.05, 0) is 26.8 Å². The Kier molecular flexibility index (Phi) is 5.70. The van der Waals surface area contributed by atoms with E-state index in [0.717, 1.165) is 6.20 Å². The van der Waals surface area contributed by atoms with E-state index < -0.39 is 35.3 Å². The van der Waals surface area contributed by atoms with E-state index in [9.17, 15) is 22.8 Å². The molecule has 3 amide bonds. The van der Waals surface area contributed by atoms with Crippen LogP contribution in [-0.2, 0) is 10.9 Å². The molecule has 0 saturated heterocycles. The quantitative estimate of drug-likeness (QED) is 0.614. The first-order chi connectivity index (χ1) is 10.4. The predicted molar refractivity (Wildman–Crippen MR) is 80.2 cm³/mol. The van der Waals surface area contributed by atoms with Crippen molar-refractivity contribution in [2.24, 2.45) is 0 Å². The number of hydrogen-bond donors (Lipinski definition) is 4. The average molecular weight is 352 g/mol. The van der Waals surface area contributed by atoms with Crippen LogP contribution in [0.15, 0.2) is 12.3 Å². The SMILES string of the molecule is CC(C)(C)OC(=O)Nc1cnc(NC(=O)NS)c(C(F)(F)F)c1. The van der Waals surface area contributed by atoms with Crippen LogP contribution in [-0.4, -0.2) is 22.7 Å². The summed E-state index contributed by atoms with van der Waals surface area (Å²) in [5.41, 5.74) is -2.28. The van der Waals surface area contributed by atoms with Crippen LogP contribution in [0.4, 0.5) is 34.3 Å². The Morgan fingerprint density at radius 3 is 2.30 bits per heavy atom. The van der Waals surface area contributed by atoms with Gasteiger partial charge in [0.05, 0.1) is 11.9 Å². The van der Waals surface area contributed by atoms with Crippen LogP contribution in [0.25, 0.3) is 0 Å². The number of aromatic nitrogens is 1. The summed E-state index contributed by atoms with van der Waals surface area (Å²) in [6, 6.07) is -0.357. The minimum Gasteiger partial charge on any atom is -0.444 e. The first kappa shape index (κ1) is 18.9. The van der Waals surface area contributed by atoms with E-state index in [1.807, 2.05) is 10.0 Å². The molecule has 0 atom stereocenters. The van der Waals surface area contributed by atoms with Crippen LogP contribution in [0.3, 0.4) is 0 Å². The van der Waals surface area contributed by atoms with Gasteiger partial charge in [-0.1, -0.05) is 12.8 Å². The molecular weight excluding hydrogens is 337 g/mol. The maximum atomic E-state index is 13.0. The summed E-state index contributed by atoms with van der Waals surface area (Å²) in [6.45, 7) is 4.82. The number of ether oxygens (including phenoxy) is 1. The van der Waals surface area contributed by atoms with E-state index in [0.29, 0.717) is 6.07 Å². The normalized spacial score (nSPS) is 11.6. The van der Waals surface area contributed by atoms with Crippen LogP contribution >= 0.6 is 12.8 Å². The number of nitrogens with zero attached hydrogens (tertiary/aromatic N) is 1. The van der Waals surface area contributed by atoms with Gasteiger partial charge in [-0.3, -0.25) is 15.4 Å². The number of carbonyl (C=O) groups excluding carboxylic acids is 2. The molecule has 1 aromatic heterocycles. The fraction of sp³-hybridized carbons (Fsp3) is 0.417. The highest BCUT2D eigenvalue weighted by molar-refractivity contribution is 7.78. The predicted octanol–water partition coefficient (Wildman–Crippen LogP) is 3.41. The molecule has 1 aromatic rings. The molecule has 1 rings (SSSR count). The molecule has 0 saturated carbocycles. The molecule has 0 radical (unpaired) electrons. The zero-order valence-corrected chi connectivity index (χ0v) is 13.3. The summed E-state index contributed by atoms with van der Waals surface area (Å²) in [5.74, 6) is -0.723. The number of halogens is 3. The molecule has 0 aliphatic heterocycles. The van der Waals surface area contributed by atoms with Crippen LogP contribution in [0.1, 0.15) is 26.3 Å². The minimum atomic E-state index is -4.79. The Labute approximate surface area is 135 Å². The number of alkyl halides is 3. The van der Waals surface area contributed by atoms with Crippen molar-refractivity contribution in [2.45, 2.75) is 32.5 Å². The molecule has 0 fully saturated rings. The molecular formula is C12H15F3N4O3S. The molecule has 0 aliphatic carbocycles. The third-order valence-corrected chi connectivity index (χ3v) is 2.37. The van der Waals surface area contributed by atoms with Gasteiger partial charge in [-0.2, -0.15) is 13.2 Å². The highest BCUT2D eigenvalue weighted by Crippen LogP contribution is 2.35. The van der Waals surface area contributed by atoms with Crippen molar-refractivity contribution >= 4 is 36.4 Å². The van der Waals surface area contributed by atoms with Crippen LogP contribution < -0.4 is 15.4 Å². The van der Waals surface area contributed by atoms with Gasteiger partial charge in [-0.25, -0.2) is 14.6 Å². The number of anilines is 2. The smallest absolute Gasteiger partial charge is 0.420 e. The summed E-state index contributed by atoms with van der Waals surface area (Å²) in [4.78, 5) is 26.1. The molecule has 128 valence electrons. The average Bonchev–Trinajstić information content (AvgIpc) is 2.36. The molecule has 0 unspecified atom stereocenters. The van der Waals surface area contributed by atoms with E-state index in [4.69, 9.17) is 4.74 Å². The second-order valence-corrected chi connectivity index (χ2v) is 5.53. The molecule has 0 bridgehead atoms. The molecule has 11 heteroatoms. The Hall–Kier alpha value is -2.17. The largest absolute Gasteiger partial charge is 0.444 e. The van der Waals surface area contributed by atoms with Crippen molar-refractivity contribution in [3.05, 3.63) is 17.8 Å². The lowest BCUT2D eigenvalue weighted by molar-refractivity contribution is -0.137. The standard InChI is InChI=1S/C12H15F3N4O3S/c1-11(2,3)22-10(21)17-6-4-7(12(13,14)15)8(16-5-6)18-9(20)19-23/h4-5,23H,1-3H3,(H,17,21)(H2,16,18,19,20). The van der Waals surface area contributed by atoms with Gasteiger partial charge in [0.15, 0.2) is 0 Å². The minimum absolute atomic E-state index is 0.233. The summed E-state index contributed by atoms with van der Waals surface area (Å²) in [6.07, 6.45) is -4.77. The van der Waals surface area contributed by atoms with E-state index in [-0.39, 0.29) is 5.69 Å². The fourth-order valence-corrected chi connectivity index (χ4v) is 1.46. The first-order valence-electron chi connectivity index (χ1n) is 6.20. The lowest BCUT2D eigenvalue weighted by Gasteiger charge is -2.20. The Balaban J connectivity index is 3.05. The van der Waals surface area contributed by atoms with Gasteiger partial charge in [0.25, 0.3) is 0 Å².